The van der Waals surface area contributed by atoms with Crippen molar-refractivity contribution in [2.75, 3.05) is 0 Å². The number of nitrogens with zero attached hydrogens (tertiary/aromatic N) is 4. The predicted octanol–water partition coefficient (Wildman–Crippen LogP) is 3.82. The Morgan fingerprint density at radius 2 is 1.90 bits per heavy atom. The normalized spacial score (nSPS) is 11.7. The third-order valence-electron chi connectivity index (χ3n) is 4.53. The fourth-order valence-corrected chi connectivity index (χ4v) is 3.09. The molecular formula is C20H21F3N4O2. The zero-order valence-electron chi connectivity index (χ0n) is 16.3. The van der Waals surface area contributed by atoms with Crippen LogP contribution < -0.4 is 10.4 Å². The number of aromatic nitrogens is 4. The molecular weight excluding hydrogens is 385 g/mol. The average molecular weight is 406 g/mol. The van der Waals surface area contributed by atoms with E-state index in [1.165, 1.54) is 19.2 Å². The molecule has 0 unspecified atom stereocenters. The van der Waals surface area contributed by atoms with Gasteiger partial charge in [-0.2, -0.15) is 22.5 Å². The number of tetrazole rings is 1. The number of halogens is 3. The van der Waals surface area contributed by atoms with Gasteiger partial charge < -0.3 is 4.74 Å². The van der Waals surface area contributed by atoms with Gasteiger partial charge in [0.25, 0.3) is 0 Å². The summed E-state index contributed by atoms with van der Waals surface area (Å²) in [4.78, 5) is 12.3. The topological polar surface area (TPSA) is 61.9 Å². The largest absolute Gasteiger partial charge is 0.488 e. The summed E-state index contributed by atoms with van der Waals surface area (Å²) in [7, 11) is 1.47. The first-order valence-electron chi connectivity index (χ1n) is 9.13. The third-order valence-corrected chi connectivity index (χ3v) is 4.53. The maximum absolute atomic E-state index is 13.4. The molecule has 0 atom stereocenters. The second-order valence-electron chi connectivity index (χ2n) is 6.75. The highest BCUT2D eigenvalue weighted by Gasteiger charge is 2.34. The van der Waals surface area contributed by atoms with E-state index in [2.05, 4.69) is 10.4 Å². The maximum atomic E-state index is 13.4. The Morgan fingerprint density at radius 1 is 1.14 bits per heavy atom. The van der Waals surface area contributed by atoms with E-state index in [0.717, 1.165) is 27.4 Å². The first kappa shape index (κ1) is 20.6. The minimum Gasteiger partial charge on any atom is -0.488 e. The van der Waals surface area contributed by atoms with E-state index in [9.17, 15) is 18.0 Å². The molecule has 9 heteroatoms. The summed E-state index contributed by atoms with van der Waals surface area (Å²) < 4.78 is 47.9. The van der Waals surface area contributed by atoms with Crippen molar-refractivity contribution < 1.29 is 17.9 Å². The SMILES string of the molecule is CCCc1cccc(-n2nnn(C)c2=O)c1COc1cc(C)ccc1C(F)(F)F. The maximum Gasteiger partial charge on any atom is 0.419 e. The van der Waals surface area contributed by atoms with Crippen molar-refractivity contribution in [3.63, 3.8) is 0 Å². The van der Waals surface area contributed by atoms with Crippen LogP contribution >= 0.6 is 0 Å². The molecule has 0 bridgehead atoms. The summed E-state index contributed by atoms with van der Waals surface area (Å²) in [5, 5.41) is 7.57. The van der Waals surface area contributed by atoms with Gasteiger partial charge in [0.15, 0.2) is 0 Å². The van der Waals surface area contributed by atoms with Gasteiger partial charge >= 0.3 is 11.9 Å². The first-order chi connectivity index (χ1) is 13.7. The van der Waals surface area contributed by atoms with Crippen LogP contribution in [0.15, 0.2) is 41.2 Å². The van der Waals surface area contributed by atoms with Crippen molar-refractivity contribution in [3.05, 3.63) is 69.1 Å². The number of aryl methyl sites for hydroxylation is 3. The molecule has 0 radical (unpaired) electrons. The van der Waals surface area contributed by atoms with Crippen LogP contribution in [0.3, 0.4) is 0 Å². The lowest BCUT2D eigenvalue weighted by atomic mass is 10.0. The van der Waals surface area contributed by atoms with Crippen LogP contribution in [0.5, 0.6) is 5.75 Å². The Kier molecular flexibility index (Phi) is 5.76. The second kappa shape index (κ2) is 8.10. The standard InChI is InChI=1S/C20H21F3N4O2/c1-4-6-14-7-5-8-17(27-19(28)26(3)24-25-27)15(14)12-29-18-11-13(2)9-10-16(18)20(21,22)23/h5,7-11H,4,6,12H2,1-3H3. The van der Waals surface area contributed by atoms with Crippen LogP contribution in [0, 0.1) is 6.92 Å². The highest BCUT2D eigenvalue weighted by Crippen LogP contribution is 2.37. The first-order valence-corrected chi connectivity index (χ1v) is 9.13. The van der Waals surface area contributed by atoms with Gasteiger partial charge in [0.05, 0.1) is 11.3 Å². The van der Waals surface area contributed by atoms with E-state index >= 15 is 0 Å². The summed E-state index contributed by atoms with van der Waals surface area (Å²) >= 11 is 0. The number of ether oxygens (including phenoxy) is 1. The molecule has 1 aromatic heterocycles. The minimum atomic E-state index is -4.53. The molecule has 154 valence electrons. The fourth-order valence-electron chi connectivity index (χ4n) is 3.09. The predicted molar refractivity (Wildman–Crippen MR) is 101 cm³/mol. The molecule has 0 fully saturated rings. The Morgan fingerprint density at radius 3 is 2.52 bits per heavy atom. The molecule has 0 amide bonds. The van der Waals surface area contributed by atoms with Crippen LogP contribution in [0.1, 0.15) is 35.6 Å². The summed E-state index contributed by atoms with van der Waals surface area (Å²) in [5.41, 5.74) is 1.28. The third kappa shape index (κ3) is 4.33. The molecule has 3 aromatic rings. The number of hydrogen-bond donors (Lipinski definition) is 0. The minimum absolute atomic E-state index is 0.138. The molecule has 3 rings (SSSR count). The van der Waals surface area contributed by atoms with E-state index in [0.29, 0.717) is 23.2 Å². The Balaban J connectivity index is 2.05. The van der Waals surface area contributed by atoms with Gasteiger partial charge in [-0.3, -0.25) is 0 Å². The average Bonchev–Trinajstić information content (AvgIpc) is 2.98. The number of hydrogen-bond acceptors (Lipinski definition) is 4. The number of rotatable bonds is 6. The summed E-state index contributed by atoms with van der Waals surface area (Å²) in [6, 6.07) is 9.09. The highest BCUT2D eigenvalue weighted by atomic mass is 19.4. The Bertz CT molecular complexity index is 1070. The molecule has 0 saturated heterocycles. The van der Waals surface area contributed by atoms with E-state index in [1.54, 1.807) is 19.1 Å². The molecule has 1 heterocycles. The lowest BCUT2D eigenvalue weighted by molar-refractivity contribution is -0.139. The van der Waals surface area contributed by atoms with E-state index < -0.39 is 17.4 Å². The lowest BCUT2D eigenvalue weighted by Gasteiger charge is -2.18. The molecule has 29 heavy (non-hydrogen) atoms. The molecule has 2 aromatic carbocycles. The van der Waals surface area contributed by atoms with E-state index in [-0.39, 0.29) is 12.4 Å². The van der Waals surface area contributed by atoms with Crippen molar-refractivity contribution >= 4 is 0 Å². The van der Waals surface area contributed by atoms with Gasteiger partial charge in [0.2, 0.25) is 0 Å². The molecule has 0 aliphatic heterocycles. The van der Waals surface area contributed by atoms with E-state index in [4.69, 9.17) is 4.74 Å². The van der Waals surface area contributed by atoms with Crippen molar-refractivity contribution in [1.82, 2.24) is 19.8 Å². The van der Waals surface area contributed by atoms with Crippen LogP contribution in [0.2, 0.25) is 0 Å². The van der Waals surface area contributed by atoms with Crippen LogP contribution in [-0.2, 0) is 26.3 Å². The van der Waals surface area contributed by atoms with Gasteiger partial charge in [0.1, 0.15) is 12.4 Å². The molecule has 0 aliphatic rings. The van der Waals surface area contributed by atoms with Gasteiger partial charge in [-0.15, -0.1) is 0 Å². The van der Waals surface area contributed by atoms with Crippen LogP contribution in [-0.4, -0.2) is 19.8 Å². The molecule has 0 N–H and O–H groups in total. The number of benzene rings is 2. The monoisotopic (exact) mass is 406 g/mol. The highest BCUT2D eigenvalue weighted by molar-refractivity contribution is 5.46. The number of alkyl halides is 3. The van der Waals surface area contributed by atoms with Crippen LogP contribution in [0.4, 0.5) is 13.2 Å². The Labute approximate surface area is 165 Å². The van der Waals surface area contributed by atoms with Gasteiger partial charge in [-0.25, -0.2) is 4.79 Å². The van der Waals surface area contributed by atoms with Crippen LogP contribution in [0.25, 0.3) is 5.69 Å². The quantitative estimate of drug-likeness (QED) is 0.624. The van der Waals surface area contributed by atoms with Gasteiger partial charge in [0, 0.05) is 12.6 Å². The molecule has 6 nitrogen and oxygen atoms in total. The Hall–Kier alpha value is -3.10. The molecule has 0 saturated carbocycles. The van der Waals surface area contributed by atoms with Gasteiger partial charge in [-0.05, 0) is 53.1 Å². The molecule has 0 aliphatic carbocycles. The fraction of sp³-hybridized carbons (Fsp3) is 0.350. The lowest BCUT2D eigenvalue weighted by Crippen LogP contribution is -2.23. The van der Waals surface area contributed by atoms with Crippen molar-refractivity contribution in [2.45, 2.75) is 39.5 Å². The summed E-state index contributed by atoms with van der Waals surface area (Å²) in [5.74, 6) is -0.249. The zero-order chi connectivity index (χ0) is 21.2. The van der Waals surface area contributed by atoms with Crippen molar-refractivity contribution in [1.29, 1.82) is 0 Å². The van der Waals surface area contributed by atoms with Crippen molar-refractivity contribution in [3.8, 4) is 11.4 Å². The zero-order valence-corrected chi connectivity index (χ0v) is 16.3. The smallest absolute Gasteiger partial charge is 0.419 e. The van der Waals surface area contributed by atoms with E-state index in [1.807, 2.05) is 13.0 Å². The van der Waals surface area contributed by atoms with Gasteiger partial charge in [-0.1, -0.05) is 31.5 Å². The second-order valence-corrected chi connectivity index (χ2v) is 6.75. The van der Waals surface area contributed by atoms with Crippen molar-refractivity contribution in [2.24, 2.45) is 7.05 Å². The molecule has 0 spiro atoms. The summed E-state index contributed by atoms with van der Waals surface area (Å²) in [6.07, 6.45) is -3.03. The summed E-state index contributed by atoms with van der Waals surface area (Å²) in [6.45, 7) is 3.55.